The summed E-state index contributed by atoms with van der Waals surface area (Å²) in [7, 11) is 3.18. The van der Waals surface area contributed by atoms with Gasteiger partial charge in [-0.05, 0) is 42.5 Å². The number of aromatic nitrogens is 5. The zero-order chi connectivity index (χ0) is 26.1. The highest BCUT2D eigenvalue weighted by molar-refractivity contribution is 7.16. The van der Waals surface area contributed by atoms with Crippen LogP contribution in [-0.2, 0) is 0 Å². The van der Waals surface area contributed by atoms with Gasteiger partial charge in [-0.1, -0.05) is 12.1 Å². The molecule has 0 saturated heterocycles. The number of hydrogen-bond acceptors (Lipinski definition) is 9. The summed E-state index contributed by atoms with van der Waals surface area (Å²) in [5.41, 5.74) is 5.90. The van der Waals surface area contributed by atoms with Crippen LogP contribution in [0.4, 0.5) is 17.2 Å². The molecule has 0 aliphatic rings. The van der Waals surface area contributed by atoms with Gasteiger partial charge in [0.1, 0.15) is 10.3 Å². The van der Waals surface area contributed by atoms with Gasteiger partial charge >= 0.3 is 0 Å². The van der Waals surface area contributed by atoms with Crippen molar-refractivity contribution in [3.8, 4) is 22.9 Å². The molecule has 3 aromatic heterocycles. The van der Waals surface area contributed by atoms with E-state index in [0.717, 1.165) is 21.4 Å². The molecule has 0 fully saturated rings. The first kappa shape index (κ1) is 23.4. The number of nitrogens with zero attached hydrogens (tertiary/aromatic N) is 4. The Morgan fingerprint density at radius 2 is 1.82 bits per heavy atom. The number of methoxy groups -OCH3 is 2. The first-order chi connectivity index (χ1) is 18.6. The Kier molecular flexibility index (Phi) is 6.02. The van der Waals surface area contributed by atoms with Crippen LogP contribution in [-0.4, -0.2) is 45.3 Å². The van der Waals surface area contributed by atoms with Gasteiger partial charge in [-0.25, -0.2) is 15.0 Å². The van der Waals surface area contributed by atoms with Gasteiger partial charge in [0.15, 0.2) is 23.1 Å². The first-order valence-corrected chi connectivity index (χ1v) is 12.4. The molecule has 0 atom stereocenters. The lowest BCUT2D eigenvalue weighted by Gasteiger charge is -2.12. The van der Waals surface area contributed by atoms with E-state index in [-0.39, 0.29) is 5.91 Å². The number of rotatable bonds is 7. The largest absolute Gasteiger partial charge is 0.493 e. The molecule has 0 radical (unpaired) electrons. The summed E-state index contributed by atoms with van der Waals surface area (Å²) in [6.45, 7) is 0. The molecule has 0 aliphatic carbocycles. The number of nitrogens with one attached hydrogen (secondary N) is 3. The minimum absolute atomic E-state index is 0.239. The van der Waals surface area contributed by atoms with E-state index in [4.69, 9.17) is 19.4 Å². The highest BCUT2D eigenvalue weighted by Crippen LogP contribution is 2.33. The van der Waals surface area contributed by atoms with Crippen molar-refractivity contribution in [3.63, 3.8) is 0 Å². The van der Waals surface area contributed by atoms with Crippen molar-refractivity contribution in [3.05, 3.63) is 77.9 Å². The van der Waals surface area contributed by atoms with E-state index in [1.165, 1.54) is 11.3 Å². The Labute approximate surface area is 220 Å². The highest BCUT2D eigenvalue weighted by atomic mass is 32.1. The lowest BCUT2D eigenvalue weighted by atomic mass is 10.1. The highest BCUT2D eigenvalue weighted by Gasteiger charge is 2.15. The summed E-state index contributed by atoms with van der Waals surface area (Å²) >= 11 is 1.41. The maximum atomic E-state index is 13.0. The van der Waals surface area contributed by atoms with Crippen LogP contribution in [0.5, 0.6) is 11.5 Å². The zero-order valence-corrected chi connectivity index (χ0v) is 21.2. The minimum atomic E-state index is -0.239. The SMILES string of the molecule is COc1ccc(Nc2nc(-c3cccc(C(=O)Nc4ccc5[nH]ncc5c4)c3)nc3scnc23)cc1OC. The molecule has 11 heteroatoms. The number of ether oxygens (including phenoxy) is 2. The lowest BCUT2D eigenvalue weighted by Crippen LogP contribution is -2.12. The van der Waals surface area contributed by atoms with Crippen molar-refractivity contribution < 1.29 is 14.3 Å². The second kappa shape index (κ2) is 9.79. The average molecular weight is 524 g/mol. The van der Waals surface area contributed by atoms with Crippen molar-refractivity contribution >= 4 is 55.7 Å². The lowest BCUT2D eigenvalue weighted by molar-refractivity contribution is 0.102. The van der Waals surface area contributed by atoms with E-state index in [9.17, 15) is 4.79 Å². The molecule has 0 unspecified atom stereocenters. The molecule has 0 spiro atoms. The Bertz CT molecular complexity index is 1800. The van der Waals surface area contributed by atoms with Crippen LogP contribution in [0.1, 0.15) is 10.4 Å². The van der Waals surface area contributed by atoms with Crippen LogP contribution in [0, 0.1) is 0 Å². The van der Waals surface area contributed by atoms with Crippen LogP contribution >= 0.6 is 11.3 Å². The van der Waals surface area contributed by atoms with Gasteiger partial charge < -0.3 is 20.1 Å². The Balaban J connectivity index is 1.31. The number of benzene rings is 3. The molecule has 0 bridgehead atoms. The van der Waals surface area contributed by atoms with E-state index in [1.807, 2.05) is 48.5 Å². The van der Waals surface area contributed by atoms with E-state index in [2.05, 4.69) is 25.8 Å². The van der Waals surface area contributed by atoms with Crippen LogP contribution in [0.15, 0.2) is 72.4 Å². The van der Waals surface area contributed by atoms with E-state index in [0.29, 0.717) is 45.5 Å². The predicted molar refractivity (Wildman–Crippen MR) is 148 cm³/mol. The number of H-pyrrole nitrogens is 1. The fourth-order valence-corrected chi connectivity index (χ4v) is 4.71. The molecule has 38 heavy (non-hydrogen) atoms. The second-order valence-electron chi connectivity index (χ2n) is 8.30. The monoisotopic (exact) mass is 523 g/mol. The predicted octanol–water partition coefficient (Wildman–Crippen LogP) is 5.64. The third-order valence-corrected chi connectivity index (χ3v) is 6.64. The van der Waals surface area contributed by atoms with Crippen LogP contribution in [0.3, 0.4) is 0 Å². The van der Waals surface area contributed by atoms with E-state index < -0.39 is 0 Å². The number of anilines is 3. The summed E-state index contributed by atoms with van der Waals surface area (Å²) in [6, 6.07) is 18.3. The number of thiazole rings is 1. The smallest absolute Gasteiger partial charge is 0.255 e. The number of carbonyl (C=O) groups excluding carboxylic acids is 1. The van der Waals surface area contributed by atoms with Crippen LogP contribution in [0.2, 0.25) is 0 Å². The number of carbonyl (C=O) groups is 1. The fraction of sp³-hybridized carbons (Fsp3) is 0.0741. The second-order valence-corrected chi connectivity index (χ2v) is 9.14. The van der Waals surface area contributed by atoms with Crippen LogP contribution in [0.25, 0.3) is 32.6 Å². The molecule has 0 aliphatic heterocycles. The molecule has 3 aromatic carbocycles. The first-order valence-electron chi connectivity index (χ1n) is 11.6. The Morgan fingerprint density at radius 1 is 0.947 bits per heavy atom. The van der Waals surface area contributed by atoms with E-state index in [1.54, 1.807) is 38.1 Å². The number of fused-ring (bicyclic) bond motifs is 2. The molecule has 3 N–H and O–H groups in total. The molecule has 6 aromatic rings. The van der Waals surface area contributed by atoms with Crippen molar-refractivity contribution in [1.82, 2.24) is 25.1 Å². The standard InChI is InChI=1S/C27H21N7O3S/c1-36-21-9-7-19(12-22(21)37-2)30-25-23-27(38-14-28-23)33-24(32-25)15-4-3-5-16(10-15)26(35)31-18-6-8-20-17(11-18)13-29-34-20/h3-14H,1-2H3,(H,29,34)(H,31,35)(H,30,32,33). The molecule has 0 saturated carbocycles. The van der Waals surface area contributed by atoms with Gasteiger partial charge in [-0.2, -0.15) is 5.10 Å². The molecular formula is C27H21N7O3S. The van der Waals surface area contributed by atoms with Crippen LogP contribution < -0.4 is 20.1 Å². The van der Waals surface area contributed by atoms with Gasteiger partial charge in [-0.3, -0.25) is 9.89 Å². The summed E-state index contributed by atoms with van der Waals surface area (Å²) < 4.78 is 10.8. The molecule has 6 rings (SSSR count). The summed E-state index contributed by atoms with van der Waals surface area (Å²) in [4.78, 5) is 27.7. The summed E-state index contributed by atoms with van der Waals surface area (Å²) in [6.07, 6.45) is 1.71. The van der Waals surface area contributed by atoms with E-state index >= 15 is 0 Å². The van der Waals surface area contributed by atoms with Gasteiger partial charge in [0, 0.05) is 34.0 Å². The van der Waals surface area contributed by atoms with Crippen molar-refractivity contribution in [2.45, 2.75) is 0 Å². The summed E-state index contributed by atoms with van der Waals surface area (Å²) in [5.74, 6) is 1.99. The number of hydrogen-bond donors (Lipinski definition) is 3. The topological polar surface area (TPSA) is 127 Å². The molecule has 3 heterocycles. The fourth-order valence-electron chi connectivity index (χ4n) is 4.05. The summed E-state index contributed by atoms with van der Waals surface area (Å²) in [5, 5.41) is 14.1. The molecular weight excluding hydrogens is 502 g/mol. The minimum Gasteiger partial charge on any atom is -0.493 e. The number of amides is 1. The third-order valence-electron chi connectivity index (χ3n) is 5.93. The Morgan fingerprint density at radius 3 is 2.68 bits per heavy atom. The quantitative estimate of drug-likeness (QED) is 0.245. The molecule has 10 nitrogen and oxygen atoms in total. The van der Waals surface area contributed by atoms with Crippen molar-refractivity contribution in [2.24, 2.45) is 0 Å². The van der Waals surface area contributed by atoms with Gasteiger partial charge in [-0.15, -0.1) is 11.3 Å². The van der Waals surface area contributed by atoms with Gasteiger partial charge in [0.25, 0.3) is 5.91 Å². The normalized spacial score (nSPS) is 11.0. The van der Waals surface area contributed by atoms with Crippen molar-refractivity contribution in [2.75, 3.05) is 24.9 Å². The van der Waals surface area contributed by atoms with Crippen molar-refractivity contribution in [1.29, 1.82) is 0 Å². The van der Waals surface area contributed by atoms with Gasteiger partial charge in [0.2, 0.25) is 0 Å². The average Bonchev–Trinajstić information content (AvgIpc) is 3.62. The third kappa shape index (κ3) is 4.46. The maximum absolute atomic E-state index is 13.0. The maximum Gasteiger partial charge on any atom is 0.255 e. The number of aromatic amines is 1. The van der Waals surface area contributed by atoms with Gasteiger partial charge in [0.05, 0.1) is 31.4 Å². The Hall–Kier alpha value is -5.03. The molecule has 188 valence electrons. The zero-order valence-electron chi connectivity index (χ0n) is 20.4. The molecule has 1 amide bonds.